The monoisotopic (exact) mass is 427 g/mol. The Morgan fingerprint density at radius 2 is 1.89 bits per heavy atom. The fraction of sp³-hybridized carbons (Fsp3) is 0.524. The van der Waals surface area contributed by atoms with E-state index in [2.05, 4.69) is 10.7 Å². The fourth-order valence-corrected chi connectivity index (χ4v) is 4.43. The predicted octanol–water partition coefficient (Wildman–Crippen LogP) is 3.64. The van der Waals surface area contributed by atoms with Crippen molar-refractivity contribution in [1.82, 2.24) is 5.32 Å². The molecule has 0 fully saturated rings. The summed E-state index contributed by atoms with van der Waals surface area (Å²) >= 11 is 1.79. The minimum atomic E-state index is -0.519. The van der Waals surface area contributed by atoms with E-state index >= 15 is 0 Å². The minimum absolute atomic E-state index is 0. The van der Waals surface area contributed by atoms with Crippen molar-refractivity contribution < 1.29 is 19.3 Å². The highest BCUT2D eigenvalue weighted by atomic mass is 35.5. The van der Waals surface area contributed by atoms with Crippen LogP contribution in [0.25, 0.3) is 0 Å². The van der Waals surface area contributed by atoms with E-state index in [9.17, 15) is 5.11 Å². The second-order valence-electron chi connectivity index (χ2n) is 6.82. The molecular formula is C21H30ClNO4S. The first kappa shape index (κ1) is 22.8. The van der Waals surface area contributed by atoms with Gasteiger partial charge in [0.15, 0.2) is 11.5 Å². The van der Waals surface area contributed by atoms with Crippen molar-refractivity contribution in [3.63, 3.8) is 0 Å². The lowest BCUT2D eigenvalue weighted by Crippen LogP contribution is -2.32. The van der Waals surface area contributed by atoms with Crippen LogP contribution >= 0.6 is 23.7 Å². The van der Waals surface area contributed by atoms with Crippen molar-refractivity contribution in [2.24, 2.45) is 0 Å². The van der Waals surface area contributed by atoms with Gasteiger partial charge in [0.2, 0.25) is 0 Å². The van der Waals surface area contributed by atoms with Crippen LogP contribution in [-0.4, -0.2) is 45.1 Å². The number of ether oxygens (including phenoxy) is 3. The molecule has 1 aromatic heterocycles. The van der Waals surface area contributed by atoms with Crippen LogP contribution in [0.3, 0.4) is 0 Å². The number of methoxy groups -OCH3 is 2. The molecule has 5 nitrogen and oxygen atoms in total. The minimum Gasteiger partial charge on any atom is -0.493 e. The van der Waals surface area contributed by atoms with Crippen molar-refractivity contribution >= 4 is 23.7 Å². The van der Waals surface area contributed by atoms with Gasteiger partial charge in [-0.1, -0.05) is 6.07 Å². The van der Waals surface area contributed by atoms with Gasteiger partial charge in [0.1, 0.15) is 18.5 Å². The summed E-state index contributed by atoms with van der Waals surface area (Å²) in [6, 6.07) is 5.93. The summed E-state index contributed by atoms with van der Waals surface area (Å²) < 4.78 is 16.4. The third kappa shape index (κ3) is 6.01. The van der Waals surface area contributed by atoms with Gasteiger partial charge in [0, 0.05) is 22.4 Å². The highest BCUT2D eigenvalue weighted by Crippen LogP contribution is 2.35. The number of aliphatic hydroxyl groups is 1. The Morgan fingerprint density at radius 1 is 1.11 bits per heavy atom. The number of aryl methyl sites for hydroxylation is 1. The zero-order valence-electron chi connectivity index (χ0n) is 16.5. The SMILES string of the molecule is COc1ccc(CCNCC(O)COc2csc3c2CCCC3)cc1OC.Cl. The summed E-state index contributed by atoms with van der Waals surface area (Å²) in [5, 5.41) is 15.6. The van der Waals surface area contributed by atoms with Gasteiger partial charge in [-0.3, -0.25) is 0 Å². The molecule has 0 bridgehead atoms. The van der Waals surface area contributed by atoms with Gasteiger partial charge in [0.25, 0.3) is 0 Å². The first-order valence-electron chi connectivity index (χ1n) is 9.53. The van der Waals surface area contributed by atoms with E-state index in [1.807, 2.05) is 18.2 Å². The summed E-state index contributed by atoms with van der Waals surface area (Å²) in [5.41, 5.74) is 2.52. The number of benzene rings is 1. The van der Waals surface area contributed by atoms with Crippen molar-refractivity contribution in [3.8, 4) is 17.2 Å². The van der Waals surface area contributed by atoms with Crippen LogP contribution < -0.4 is 19.5 Å². The second kappa shape index (κ2) is 11.5. The maximum Gasteiger partial charge on any atom is 0.160 e. The third-order valence-corrected chi connectivity index (χ3v) is 5.94. The van der Waals surface area contributed by atoms with Crippen LogP contribution in [0, 0.1) is 0 Å². The molecule has 1 aromatic carbocycles. The van der Waals surface area contributed by atoms with Gasteiger partial charge >= 0.3 is 0 Å². The molecule has 0 aliphatic heterocycles. The van der Waals surface area contributed by atoms with Gasteiger partial charge < -0.3 is 24.6 Å². The maximum atomic E-state index is 10.2. The van der Waals surface area contributed by atoms with Crippen LogP contribution in [0.5, 0.6) is 17.2 Å². The molecule has 2 aromatic rings. The molecule has 0 spiro atoms. The molecule has 0 saturated heterocycles. The molecule has 3 rings (SSSR count). The quantitative estimate of drug-likeness (QED) is 0.567. The number of halogens is 1. The van der Waals surface area contributed by atoms with Crippen molar-refractivity contribution in [1.29, 1.82) is 0 Å². The number of hydrogen-bond donors (Lipinski definition) is 2. The van der Waals surface area contributed by atoms with Gasteiger partial charge in [-0.05, 0) is 56.3 Å². The van der Waals surface area contributed by atoms with Gasteiger partial charge in [0.05, 0.1) is 14.2 Å². The van der Waals surface area contributed by atoms with Crippen LogP contribution in [-0.2, 0) is 19.3 Å². The Morgan fingerprint density at radius 3 is 2.68 bits per heavy atom. The van der Waals surface area contributed by atoms with Gasteiger partial charge in [-0.15, -0.1) is 23.7 Å². The first-order valence-corrected chi connectivity index (χ1v) is 10.4. The first-order chi connectivity index (χ1) is 13.2. The van der Waals surface area contributed by atoms with Crippen LogP contribution in [0.4, 0.5) is 0 Å². The molecule has 2 N–H and O–H groups in total. The Labute approximate surface area is 177 Å². The average molecular weight is 428 g/mol. The van der Waals surface area contributed by atoms with E-state index in [-0.39, 0.29) is 12.4 Å². The molecule has 28 heavy (non-hydrogen) atoms. The van der Waals surface area contributed by atoms with E-state index < -0.39 is 6.10 Å². The highest BCUT2D eigenvalue weighted by Gasteiger charge is 2.17. The summed E-state index contributed by atoms with van der Waals surface area (Å²) in [5.74, 6) is 2.44. The standard InChI is InChI=1S/C21H29NO4S.ClH/c1-24-18-8-7-15(11-19(18)25-2)9-10-22-12-16(23)13-26-20-14-27-21-6-4-3-5-17(20)21;/h7-8,11,14,16,22-23H,3-6,9-10,12-13H2,1-2H3;1H. The predicted molar refractivity (Wildman–Crippen MR) is 116 cm³/mol. The van der Waals surface area contributed by atoms with E-state index in [1.165, 1.54) is 29.7 Å². The molecule has 1 aliphatic rings. The van der Waals surface area contributed by atoms with E-state index in [0.29, 0.717) is 13.2 Å². The van der Waals surface area contributed by atoms with Crippen molar-refractivity contribution in [2.75, 3.05) is 33.9 Å². The zero-order chi connectivity index (χ0) is 19.1. The largest absolute Gasteiger partial charge is 0.493 e. The van der Waals surface area contributed by atoms with Crippen LogP contribution in [0.2, 0.25) is 0 Å². The van der Waals surface area contributed by atoms with E-state index in [4.69, 9.17) is 14.2 Å². The maximum absolute atomic E-state index is 10.2. The molecule has 7 heteroatoms. The number of hydrogen-bond acceptors (Lipinski definition) is 6. The third-order valence-electron chi connectivity index (χ3n) is 4.87. The summed E-state index contributed by atoms with van der Waals surface area (Å²) in [6.45, 7) is 1.62. The van der Waals surface area contributed by atoms with E-state index in [1.54, 1.807) is 25.6 Å². The Bertz CT molecular complexity index is 737. The molecule has 1 aliphatic carbocycles. The topological polar surface area (TPSA) is 60.0 Å². The number of rotatable bonds is 10. The number of fused-ring (bicyclic) bond motifs is 1. The molecule has 0 radical (unpaired) electrons. The van der Waals surface area contributed by atoms with Crippen molar-refractivity contribution in [2.45, 2.75) is 38.2 Å². The molecule has 0 saturated carbocycles. The summed E-state index contributed by atoms with van der Waals surface area (Å²) in [7, 11) is 3.27. The van der Waals surface area contributed by atoms with Crippen LogP contribution in [0.1, 0.15) is 28.8 Å². The Kier molecular flexibility index (Phi) is 9.38. The van der Waals surface area contributed by atoms with E-state index in [0.717, 1.165) is 42.2 Å². The molecule has 1 heterocycles. The van der Waals surface area contributed by atoms with Gasteiger partial charge in [-0.2, -0.15) is 0 Å². The van der Waals surface area contributed by atoms with Gasteiger partial charge in [-0.25, -0.2) is 0 Å². The molecule has 1 atom stereocenters. The Balaban J connectivity index is 0.00000280. The lowest BCUT2D eigenvalue weighted by molar-refractivity contribution is 0.106. The normalized spacial score (nSPS) is 14.0. The molecule has 1 unspecified atom stereocenters. The summed E-state index contributed by atoms with van der Waals surface area (Å²) in [4.78, 5) is 1.46. The number of nitrogens with one attached hydrogen (secondary N) is 1. The molecule has 156 valence electrons. The lowest BCUT2D eigenvalue weighted by atomic mass is 9.99. The number of thiophene rings is 1. The molecule has 0 amide bonds. The average Bonchev–Trinajstić information content (AvgIpc) is 3.12. The second-order valence-corrected chi connectivity index (χ2v) is 7.78. The fourth-order valence-electron chi connectivity index (χ4n) is 3.37. The van der Waals surface area contributed by atoms with Crippen molar-refractivity contribution in [3.05, 3.63) is 39.6 Å². The highest BCUT2D eigenvalue weighted by molar-refractivity contribution is 7.10. The number of aliphatic hydroxyl groups excluding tert-OH is 1. The zero-order valence-corrected chi connectivity index (χ0v) is 18.2. The lowest BCUT2D eigenvalue weighted by Gasteiger charge is -2.16. The van der Waals surface area contributed by atoms with Crippen LogP contribution in [0.15, 0.2) is 23.6 Å². The Hall–Kier alpha value is -1.47. The molecular weight excluding hydrogens is 398 g/mol. The smallest absolute Gasteiger partial charge is 0.160 e. The summed E-state index contributed by atoms with van der Waals surface area (Å²) in [6.07, 6.45) is 5.12.